The molecular formula is C10H18ClN5OS. The van der Waals surface area contributed by atoms with E-state index < -0.39 is 0 Å². The Morgan fingerprint density at radius 3 is 2.83 bits per heavy atom. The van der Waals surface area contributed by atoms with Gasteiger partial charge in [0.25, 0.3) is 0 Å². The normalized spacial score (nSPS) is 18.2. The number of halogens is 1. The molecule has 0 radical (unpaired) electrons. The molecule has 0 saturated heterocycles. The average molecular weight is 292 g/mol. The Bertz CT molecular complexity index is 422. The third-order valence-electron chi connectivity index (χ3n) is 2.71. The lowest BCUT2D eigenvalue weighted by Gasteiger charge is -2.07. The molecule has 0 bridgehead atoms. The molecule has 0 spiro atoms. The number of oxime groups is 1. The summed E-state index contributed by atoms with van der Waals surface area (Å²) >= 11 is 1.63. The van der Waals surface area contributed by atoms with Gasteiger partial charge in [0, 0.05) is 19.2 Å². The van der Waals surface area contributed by atoms with Crippen LogP contribution in [0.1, 0.15) is 25.6 Å². The van der Waals surface area contributed by atoms with Crippen molar-refractivity contribution in [3.63, 3.8) is 0 Å². The zero-order chi connectivity index (χ0) is 12.3. The van der Waals surface area contributed by atoms with E-state index in [9.17, 15) is 0 Å². The van der Waals surface area contributed by atoms with Gasteiger partial charge in [-0.05, 0) is 6.42 Å². The molecule has 1 aliphatic heterocycles. The monoisotopic (exact) mass is 291 g/mol. The minimum atomic E-state index is 0. The lowest BCUT2D eigenvalue weighted by Crippen LogP contribution is -2.11. The highest BCUT2D eigenvalue weighted by atomic mass is 35.5. The Hall–Kier alpha value is -0.790. The highest BCUT2D eigenvalue weighted by Crippen LogP contribution is 2.22. The fourth-order valence-electron chi connectivity index (χ4n) is 1.60. The maximum absolute atomic E-state index is 5.54. The average Bonchev–Trinajstić information content (AvgIpc) is 2.93. The van der Waals surface area contributed by atoms with Crippen LogP contribution in [0.15, 0.2) is 10.3 Å². The Balaban J connectivity index is 0.00000162. The summed E-state index contributed by atoms with van der Waals surface area (Å²) in [6.07, 6.45) is 2.04. The SMILES string of the molecule is CCC1=NOC(CSc2nnc(CN)n2C)C1.Cl. The van der Waals surface area contributed by atoms with Crippen molar-refractivity contribution in [3.05, 3.63) is 5.82 Å². The molecule has 2 rings (SSSR count). The molecule has 2 heterocycles. The highest BCUT2D eigenvalue weighted by Gasteiger charge is 2.21. The van der Waals surface area contributed by atoms with Crippen molar-refractivity contribution in [2.75, 3.05) is 5.75 Å². The van der Waals surface area contributed by atoms with Crippen molar-refractivity contribution in [1.29, 1.82) is 0 Å². The second-order valence-electron chi connectivity index (χ2n) is 3.92. The second-order valence-corrected chi connectivity index (χ2v) is 4.90. The van der Waals surface area contributed by atoms with E-state index in [0.717, 1.165) is 35.3 Å². The number of hydrogen-bond donors (Lipinski definition) is 1. The Morgan fingerprint density at radius 1 is 1.50 bits per heavy atom. The first kappa shape index (κ1) is 15.3. The summed E-state index contributed by atoms with van der Waals surface area (Å²) in [5, 5.41) is 13.0. The zero-order valence-corrected chi connectivity index (χ0v) is 12.1. The van der Waals surface area contributed by atoms with Gasteiger partial charge in [0.2, 0.25) is 0 Å². The maximum atomic E-state index is 5.54. The van der Waals surface area contributed by atoms with Gasteiger partial charge < -0.3 is 15.1 Å². The van der Waals surface area contributed by atoms with E-state index in [-0.39, 0.29) is 18.5 Å². The molecule has 8 heteroatoms. The van der Waals surface area contributed by atoms with Gasteiger partial charge in [-0.1, -0.05) is 23.8 Å². The van der Waals surface area contributed by atoms with E-state index in [1.54, 1.807) is 11.8 Å². The summed E-state index contributed by atoms with van der Waals surface area (Å²) in [6.45, 7) is 2.50. The lowest BCUT2D eigenvalue weighted by molar-refractivity contribution is 0.103. The summed E-state index contributed by atoms with van der Waals surface area (Å²) in [5.41, 5.74) is 6.68. The van der Waals surface area contributed by atoms with Crippen LogP contribution in [-0.2, 0) is 18.4 Å². The van der Waals surface area contributed by atoms with Gasteiger partial charge in [-0.15, -0.1) is 22.6 Å². The third kappa shape index (κ3) is 3.37. The summed E-state index contributed by atoms with van der Waals surface area (Å²) < 4.78 is 1.92. The number of aromatic nitrogens is 3. The molecule has 2 N–H and O–H groups in total. The molecule has 1 aromatic rings. The number of thioether (sulfide) groups is 1. The van der Waals surface area contributed by atoms with Gasteiger partial charge in [-0.3, -0.25) is 0 Å². The molecule has 102 valence electrons. The number of nitrogens with zero attached hydrogens (tertiary/aromatic N) is 4. The highest BCUT2D eigenvalue weighted by molar-refractivity contribution is 7.99. The van der Waals surface area contributed by atoms with Crippen molar-refractivity contribution in [2.45, 2.75) is 37.6 Å². The molecular weight excluding hydrogens is 274 g/mol. The topological polar surface area (TPSA) is 78.3 Å². The van der Waals surface area contributed by atoms with Crippen molar-refractivity contribution in [3.8, 4) is 0 Å². The van der Waals surface area contributed by atoms with Gasteiger partial charge in [0.15, 0.2) is 5.16 Å². The van der Waals surface area contributed by atoms with Crippen molar-refractivity contribution >= 4 is 29.9 Å². The number of rotatable bonds is 5. The number of nitrogens with two attached hydrogens (primary N) is 1. The van der Waals surface area contributed by atoms with Gasteiger partial charge in [-0.25, -0.2) is 0 Å². The summed E-state index contributed by atoms with van der Waals surface area (Å²) in [5.74, 6) is 1.63. The van der Waals surface area contributed by atoms with Crippen LogP contribution in [0.4, 0.5) is 0 Å². The molecule has 18 heavy (non-hydrogen) atoms. The largest absolute Gasteiger partial charge is 0.391 e. The van der Waals surface area contributed by atoms with E-state index in [1.807, 2.05) is 11.6 Å². The fraction of sp³-hybridized carbons (Fsp3) is 0.700. The van der Waals surface area contributed by atoms with E-state index in [0.29, 0.717) is 6.54 Å². The van der Waals surface area contributed by atoms with Crippen molar-refractivity contribution < 1.29 is 4.84 Å². The Kier molecular flexibility index (Phi) is 5.90. The van der Waals surface area contributed by atoms with Crippen LogP contribution in [0.25, 0.3) is 0 Å². The van der Waals surface area contributed by atoms with Crippen LogP contribution in [0.2, 0.25) is 0 Å². The lowest BCUT2D eigenvalue weighted by atomic mass is 10.2. The summed E-state index contributed by atoms with van der Waals surface area (Å²) in [7, 11) is 1.92. The van der Waals surface area contributed by atoms with Gasteiger partial charge >= 0.3 is 0 Å². The molecule has 0 saturated carbocycles. The van der Waals surface area contributed by atoms with E-state index in [4.69, 9.17) is 10.6 Å². The smallest absolute Gasteiger partial charge is 0.191 e. The second kappa shape index (κ2) is 6.96. The zero-order valence-electron chi connectivity index (χ0n) is 10.5. The molecule has 0 fully saturated rings. The molecule has 0 amide bonds. The predicted molar refractivity (Wildman–Crippen MR) is 74.1 cm³/mol. The van der Waals surface area contributed by atoms with E-state index >= 15 is 0 Å². The minimum absolute atomic E-state index is 0. The van der Waals surface area contributed by atoms with Crippen LogP contribution in [0, 0.1) is 0 Å². The van der Waals surface area contributed by atoms with Gasteiger partial charge in [0.05, 0.1) is 12.3 Å². The molecule has 0 aliphatic carbocycles. The fourth-order valence-corrected chi connectivity index (χ4v) is 2.51. The van der Waals surface area contributed by atoms with E-state index in [2.05, 4.69) is 22.3 Å². The summed E-state index contributed by atoms with van der Waals surface area (Å²) in [6, 6.07) is 0. The predicted octanol–water partition coefficient (Wildman–Crippen LogP) is 1.34. The number of hydrogen-bond acceptors (Lipinski definition) is 6. The standard InChI is InChI=1S/C10H17N5OS.ClH/c1-3-7-4-8(16-14-7)6-17-10-13-12-9(5-11)15(10)2;/h8H,3-6,11H2,1-2H3;1H. The molecule has 1 atom stereocenters. The Morgan fingerprint density at radius 2 is 2.28 bits per heavy atom. The van der Waals surface area contributed by atoms with Crippen LogP contribution in [-0.4, -0.2) is 32.3 Å². The van der Waals surface area contributed by atoms with Crippen LogP contribution in [0.5, 0.6) is 0 Å². The first-order valence-electron chi connectivity index (χ1n) is 5.67. The molecule has 6 nitrogen and oxygen atoms in total. The van der Waals surface area contributed by atoms with E-state index in [1.165, 1.54) is 0 Å². The van der Waals surface area contributed by atoms with Gasteiger partial charge in [-0.2, -0.15) is 0 Å². The quantitative estimate of drug-likeness (QED) is 0.828. The van der Waals surface area contributed by atoms with Crippen molar-refractivity contribution in [2.24, 2.45) is 17.9 Å². The van der Waals surface area contributed by atoms with Crippen LogP contribution in [0.3, 0.4) is 0 Å². The first-order chi connectivity index (χ1) is 8.24. The molecule has 0 aromatic carbocycles. The van der Waals surface area contributed by atoms with Crippen molar-refractivity contribution in [1.82, 2.24) is 14.8 Å². The van der Waals surface area contributed by atoms with Gasteiger partial charge in [0.1, 0.15) is 11.9 Å². The molecule has 1 unspecified atom stereocenters. The van der Waals surface area contributed by atoms with Crippen LogP contribution >= 0.6 is 24.2 Å². The maximum Gasteiger partial charge on any atom is 0.191 e. The first-order valence-corrected chi connectivity index (χ1v) is 6.65. The minimum Gasteiger partial charge on any atom is -0.391 e. The Labute approximate surface area is 117 Å². The third-order valence-corrected chi connectivity index (χ3v) is 3.86. The molecule has 1 aliphatic rings. The summed E-state index contributed by atoms with van der Waals surface area (Å²) in [4.78, 5) is 5.34. The molecule has 1 aromatic heterocycles. The van der Waals surface area contributed by atoms with Crippen LogP contribution < -0.4 is 5.73 Å².